The molecule has 0 saturated heterocycles. The molecule has 1 heterocycles. The molecular weight excluding hydrogens is 346 g/mol. The van der Waals surface area contributed by atoms with E-state index in [9.17, 15) is 5.11 Å². The van der Waals surface area contributed by atoms with Crippen molar-refractivity contribution in [1.82, 2.24) is 15.1 Å². The van der Waals surface area contributed by atoms with E-state index in [2.05, 4.69) is 71.7 Å². The Morgan fingerprint density at radius 2 is 1.82 bits per heavy atom. The quantitative estimate of drug-likeness (QED) is 0.675. The zero-order valence-corrected chi connectivity index (χ0v) is 16.5. The molecule has 146 valence electrons. The van der Waals surface area contributed by atoms with Crippen LogP contribution in [0, 0.1) is 6.92 Å². The van der Waals surface area contributed by atoms with Crippen LogP contribution < -0.4 is 5.32 Å². The van der Waals surface area contributed by atoms with E-state index >= 15 is 0 Å². The van der Waals surface area contributed by atoms with Crippen LogP contribution in [0.25, 0.3) is 11.3 Å². The van der Waals surface area contributed by atoms with E-state index in [0.717, 1.165) is 44.5 Å². The van der Waals surface area contributed by atoms with Crippen LogP contribution in [0.3, 0.4) is 0 Å². The fraction of sp³-hybridized carbons (Fsp3) is 0.375. The fourth-order valence-corrected chi connectivity index (χ4v) is 4.01. The van der Waals surface area contributed by atoms with Gasteiger partial charge in [-0.25, -0.2) is 0 Å². The van der Waals surface area contributed by atoms with Crippen LogP contribution in [0.15, 0.2) is 60.8 Å². The number of benzene rings is 2. The molecule has 0 bridgehead atoms. The van der Waals surface area contributed by atoms with Gasteiger partial charge in [0.2, 0.25) is 0 Å². The lowest BCUT2D eigenvalue weighted by molar-refractivity contribution is 0.116. The number of aliphatic hydroxyl groups is 1. The first kappa shape index (κ1) is 18.9. The molecule has 4 nitrogen and oxygen atoms in total. The highest BCUT2D eigenvalue weighted by atomic mass is 16.3. The van der Waals surface area contributed by atoms with Crippen LogP contribution in [-0.4, -0.2) is 27.0 Å². The maximum atomic E-state index is 9.73. The van der Waals surface area contributed by atoms with Gasteiger partial charge in [-0.15, -0.1) is 0 Å². The van der Waals surface area contributed by atoms with Gasteiger partial charge in [0.1, 0.15) is 0 Å². The van der Waals surface area contributed by atoms with Crippen LogP contribution in [-0.2, 0) is 13.1 Å². The highest BCUT2D eigenvalue weighted by Gasteiger charge is 2.20. The number of nitrogens with one attached hydrogen (secondary N) is 1. The van der Waals surface area contributed by atoms with Gasteiger partial charge in [0.15, 0.2) is 0 Å². The summed E-state index contributed by atoms with van der Waals surface area (Å²) in [6.07, 6.45) is 5.94. The summed E-state index contributed by atoms with van der Waals surface area (Å²) < 4.78 is 2.05. The summed E-state index contributed by atoms with van der Waals surface area (Å²) in [7, 11) is 0. The zero-order chi connectivity index (χ0) is 19.3. The zero-order valence-electron chi connectivity index (χ0n) is 16.5. The van der Waals surface area contributed by atoms with E-state index in [1.807, 2.05) is 6.07 Å². The van der Waals surface area contributed by atoms with Gasteiger partial charge in [0.25, 0.3) is 0 Å². The second-order valence-electron chi connectivity index (χ2n) is 7.94. The average molecular weight is 376 g/mol. The molecule has 0 amide bonds. The van der Waals surface area contributed by atoms with Gasteiger partial charge in [-0.2, -0.15) is 5.10 Å². The molecule has 2 N–H and O–H groups in total. The minimum Gasteiger partial charge on any atom is -0.393 e. The van der Waals surface area contributed by atoms with Gasteiger partial charge < -0.3 is 10.4 Å². The lowest BCUT2D eigenvalue weighted by atomic mass is 9.93. The Kier molecular flexibility index (Phi) is 5.89. The highest BCUT2D eigenvalue weighted by Crippen LogP contribution is 2.25. The van der Waals surface area contributed by atoms with Crippen LogP contribution in [0.4, 0.5) is 0 Å². The van der Waals surface area contributed by atoms with E-state index in [0.29, 0.717) is 6.04 Å². The standard InChI is InChI=1S/C24H29N3O/c1-18-6-5-9-20(14-18)24-21(15-25-22-10-12-23(28)13-11-22)17-27(26-24)16-19-7-3-2-4-8-19/h2-9,14,17,22-23,25,28H,10-13,15-16H2,1H3. The summed E-state index contributed by atoms with van der Waals surface area (Å²) in [5.74, 6) is 0. The van der Waals surface area contributed by atoms with Crippen LogP contribution in [0.2, 0.25) is 0 Å². The summed E-state index contributed by atoms with van der Waals surface area (Å²) in [6.45, 7) is 3.70. The van der Waals surface area contributed by atoms with E-state index in [4.69, 9.17) is 5.10 Å². The average Bonchev–Trinajstić information content (AvgIpc) is 3.11. The molecule has 0 spiro atoms. The summed E-state index contributed by atoms with van der Waals surface area (Å²) in [4.78, 5) is 0. The third kappa shape index (κ3) is 4.70. The third-order valence-corrected chi connectivity index (χ3v) is 5.59. The molecule has 1 aliphatic rings. The lowest BCUT2D eigenvalue weighted by Crippen LogP contribution is -2.34. The van der Waals surface area contributed by atoms with Crippen molar-refractivity contribution in [1.29, 1.82) is 0 Å². The van der Waals surface area contributed by atoms with Crippen molar-refractivity contribution >= 4 is 0 Å². The van der Waals surface area contributed by atoms with Crippen LogP contribution in [0.5, 0.6) is 0 Å². The Bertz CT molecular complexity index is 895. The summed E-state index contributed by atoms with van der Waals surface area (Å²) in [5.41, 5.74) is 5.95. The Morgan fingerprint density at radius 1 is 1.04 bits per heavy atom. The molecule has 0 atom stereocenters. The van der Waals surface area contributed by atoms with Gasteiger partial charge in [0, 0.05) is 29.9 Å². The first-order chi connectivity index (χ1) is 13.7. The number of aromatic nitrogens is 2. The number of hydrogen-bond donors (Lipinski definition) is 2. The topological polar surface area (TPSA) is 50.1 Å². The van der Waals surface area contributed by atoms with Crippen LogP contribution >= 0.6 is 0 Å². The Labute approximate surface area is 167 Å². The largest absolute Gasteiger partial charge is 0.393 e. The van der Waals surface area contributed by atoms with Gasteiger partial charge in [-0.05, 0) is 44.2 Å². The minimum absolute atomic E-state index is 0.116. The first-order valence-corrected chi connectivity index (χ1v) is 10.3. The molecule has 0 aliphatic heterocycles. The summed E-state index contributed by atoms with van der Waals surface area (Å²) in [5, 5.41) is 18.4. The highest BCUT2D eigenvalue weighted by molar-refractivity contribution is 5.63. The number of hydrogen-bond acceptors (Lipinski definition) is 3. The van der Waals surface area contributed by atoms with Gasteiger partial charge in [-0.1, -0.05) is 54.1 Å². The second kappa shape index (κ2) is 8.72. The normalized spacial score (nSPS) is 19.6. The second-order valence-corrected chi connectivity index (χ2v) is 7.94. The summed E-state index contributed by atoms with van der Waals surface area (Å²) in [6, 6.07) is 19.5. The third-order valence-electron chi connectivity index (χ3n) is 5.59. The molecule has 0 unspecified atom stereocenters. The van der Waals surface area contributed by atoms with Crippen molar-refractivity contribution in [3.05, 3.63) is 77.5 Å². The fourth-order valence-electron chi connectivity index (χ4n) is 4.01. The minimum atomic E-state index is -0.116. The van der Waals surface area contributed by atoms with Gasteiger partial charge in [0.05, 0.1) is 18.3 Å². The number of aryl methyl sites for hydroxylation is 1. The SMILES string of the molecule is Cc1cccc(-c2nn(Cc3ccccc3)cc2CNC2CCC(O)CC2)c1. The molecule has 1 saturated carbocycles. The molecular formula is C24H29N3O. The van der Waals surface area contributed by atoms with Crippen molar-refractivity contribution in [3.63, 3.8) is 0 Å². The van der Waals surface area contributed by atoms with Crippen molar-refractivity contribution in [2.24, 2.45) is 0 Å². The Hall–Kier alpha value is -2.43. The Balaban J connectivity index is 1.55. The molecule has 1 aromatic heterocycles. The van der Waals surface area contributed by atoms with Crippen molar-refractivity contribution in [2.45, 2.75) is 57.8 Å². The van der Waals surface area contributed by atoms with Gasteiger partial charge in [-0.3, -0.25) is 4.68 Å². The molecule has 1 fully saturated rings. The molecule has 4 rings (SSSR count). The maximum absolute atomic E-state index is 9.73. The number of aliphatic hydroxyl groups excluding tert-OH is 1. The van der Waals surface area contributed by atoms with E-state index < -0.39 is 0 Å². The molecule has 4 heteroatoms. The Morgan fingerprint density at radius 3 is 2.57 bits per heavy atom. The molecule has 0 radical (unpaired) electrons. The molecule has 1 aliphatic carbocycles. The van der Waals surface area contributed by atoms with Crippen molar-refractivity contribution in [2.75, 3.05) is 0 Å². The van der Waals surface area contributed by atoms with Crippen molar-refractivity contribution < 1.29 is 5.11 Å². The smallest absolute Gasteiger partial charge is 0.0968 e. The number of rotatable bonds is 6. The summed E-state index contributed by atoms with van der Waals surface area (Å²) >= 11 is 0. The molecule has 2 aromatic carbocycles. The monoisotopic (exact) mass is 375 g/mol. The molecule has 3 aromatic rings. The van der Waals surface area contributed by atoms with Gasteiger partial charge >= 0.3 is 0 Å². The van der Waals surface area contributed by atoms with Crippen LogP contribution in [0.1, 0.15) is 42.4 Å². The lowest BCUT2D eigenvalue weighted by Gasteiger charge is -2.26. The van der Waals surface area contributed by atoms with E-state index in [1.54, 1.807) is 0 Å². The molecule has 28 heavy (non-hydrogen) atoms. The first-order valence-electron chi connectivity index (χ1n) is 10.3. The van der Waals surface area contributed by atoms with E-state index in [1.165, 1.54) is 22.3 Å². The van der Waals surface area contributed by atoms with Crippen molar-refractivity contribution in [3.8, 4) is 11.3 Å². The number of nitrogens with zero attached hydrogens (tertiary/aromatic N) is 2. The van der Waals surface area contributed by atoms with E-state index in [-0.39, 0.29) is 6.10 Å². The predicted molar refractivity (Wildman–Crippen MR) is 113 cm³/mol. The maximum Gasteiger partial charge on any atom is 0.0968 e. The predicted octanol–water partition coefficient (Wildman–Crippen LogP) is 4.30.